The number of hydrogen-bond acceptors (Lipinski definition) is 5. The number of nitro groups is 1. The van der Waals surface area contributed by atoms with Gasteiger partial charge in [0.15, 0.2) is 10.7 Å². The second kappa shape index (κ2) is 4.45. The van der Waals surface area contributed by atoms with Crippen molar-refractivity contribution in [1.29, 1.82) is 0 Å². The second-order valence-corrected chi connectivity index (χ2v) is 5.18. The molecule has 1 aromatic rings. The van der Waals surface area contributed by atoms with E-state index < -0.39 is 42.6 Å². The van der Waals surface area contributed by atoms with E-state index >= 15 is 0 Å². The molecule has 1 heterocycles. The predicted molar refractivity (Wildman–Crippen MR) is 48.8 cm³/mol. The van der Waals surface area contributed by atoms with E-state index in [1.807, 2.05) is 0 Å². The van der Waals surface area contributed by atoms with Gasteiger partial charge in [0.05, 0.1) is 4.92 Å². The number of rotatable bonds is 3. The Balaban J connectivity index is 3.64. The van der Waals surface area contributed by atoms with Crippen LogP contribution >= 0.6 is 10.7 Å². The zero-order valence-corrected chi connectivity index (χ0v) is 9.17. The van der Waals surface area contributed by atoms with Gasteiger partial charge < -0.3 is 0 Å². The Bertz CT molecular complexity index is 577. The van der Waals surface area contributed by atoms with E-state index in [0.29, 0.717) is 0 Å². The van der Waals surface area contributed by atoms with Crippen molar-refractivity contribution in [2.75, 3.05) is 0 Å². The van der Waals surface area contributed by atoms with E-state index in [1.165, 1.54) is 0 Å². The summed E-state index contributed by atoms with van der Waals surface area (Å²) in [6.45, 7) is 0. The van der Waals surface area contributed by atoms with Crippen molar-refractivity contribution in [2.45, 2.75) is 11.5 Å². The van der Waals surface area contributed by atoms with Gasteiger partial charge in [-0.3, -0.25) is 10.1 Å². The average molecular weight is 291 g/mol. The number of nitrogens with zero attached hydrogens (tertiary/aromatic N) is 2. The van der Waals surface area contributed by atoms with Crippen molar-refractivity contribution >= 4 is 25.4 Å². The van der Waals surface area contributed by atoms with Crippen LogP contribution < -0.4 is 0 Å². The van der Waals surface area contributed by atoms with E-state index in [1.54, 1.807) is 0 Å². The fourth-order valence-corrected chi connectivity index (χ4v) is 1.65. The zero-order chi connectivity index (χ0) is 13.4. The van der Waals surface area contributed by atoms with Gasteiger partial charge in [0.2, 0.25) is 5.82 Å². The Hall–Kier alpha value is -1.42. The van der Waals surface area contributed by atoms with Crippen LogP contribution in [0.15, 0.2) is 11.1 Å². The van der Waals surface area contributed by atoms with Crippen LogP contribution in [0.25, 0.3) is 0 Å². The van der Waals surface area contributed by atoms with Gasteiger partial charge in [0.25, 0.3) is 15.5 Å². The lowest BCUT2D eigenvalue weighted by atomic mass is 10.3. The molecular weight excluding hydrogens is 289 g/mol. The van der Waals surface area contributed by atoms with E-state index in [4.69, 9.17) is 10.7 Å². The molecule has 0 aliphatic rings. The van der Waals surface area contributed by atoms with Crippen LogP contribution in [-0.2, 0) is 9.05 Å². The van der Waals surface area contributed by atoms with E-state index in [-0.39, 0.29) is 6.07 Å². The van der Waals surface area contributed by atoms with Gasteiger partial charge in [0.1, 0.15) is 0 Å². The van der Waals surface area contributed by atoms with Crippen molar-refractivity contribution in [3.8, 4) is 0 Å². The van der Waals surface area contributed by atoms with Crippen molar-refractivity contribution < 1.29 is 26.5 Å². The molecule has 0 unspecified atom stereocenters. The Labute approximate surface area is 96.6 Å². The molecule has 0 fully saturated rings. The highest BCUT2D eigenvalue weighted by Crippen LogP contribution is 2.31. The molecule has 1 rings (SSSR count). The SMILES string of the molecule is O=[N+]([O-])c1c(F)cc(S(=O)(=O)Cl)nc1C(F)F. The maximum Gasteiger partial charge on any atom is 0.332 e. The molecular formula is C6H2ClF3N2O4S. The van der Waals surface area contributed by atoms with Gasteiger partial charge in [-0.1, -0.05) is 0 Å². The standard InChI is InChI=1S/C6H2ClF3N2O4S/c7-17(15,16)3-1-2(8)5(12(13)14)4(11-3)6(9)10/h1,6H. The molecule has 6 nitrogen and oxygen atoms in total. The van der Waals surface area contributed by atoms with Crippen LogP contribution in [0.5, 0.6) is 0 Å². The van der Waals surface area contributed by atoms with Crippen molar-refractivity contribution in [3.63, 3.8) is 0 Å². The summed E-state index contributed by atoms with van der Waals surface area (Å²) in [5.41, 5.74) is -3.17. The Kier molecular flexibility index (Phi) is 3.57. The van der Waals surface area contributed by atoms with Crippen LogP contribution in [0.4, 0.5) is 18.9 Å². The average Bonchev–Trinajstić information content (AvgIpc) is 2.13. The first-order chi connectivity index (χ1) is 7.64. The van der Waals surface area contributed by atoms with Gasteiger partial charge >= 0.3 is 5.69 Å². The topological polar surface area (TPSA) is 90.2 Å². The number of halogens is 4. The maximum atomic E-state index is 13.1. The van der Waals surface area contributed by atoms with E-state index in [9.17, 15) is 31.7 Å². The maximum absolute atomic E-state index is 13.1. The summed E-state index contributed by atoms with van der Waals surface area (Å²) in [5, 5.41) is 9.11. The molecule has 0 saturated carbocycles. The molecule has 0 aromatic carbocycles. The Morgan fingerprint density at radius 3 is 2.35 bits per heavy atom. The summed E-state index contributed by atoms with van der Waals surface area (Å²) in [6, 6.07) is 0.104. The van der Waals surface area contributed by atoms with Crippen LogP contribution in [0.1, 0.15) is 12.1 Å². The minimum Gasteiger partial charge on any atom is -0.258 e. The Morgan fingerprint density at radius 1 is 1.47 bits per heavy atom. The summed E-state index contributed by atoms with van der Waals surface area (Å²) in [7, 11) is 0.209. The minimum atomic E-state index is -4.56. The molecule has 0 bridgehead atoms. The molecule has 0 aliphatic heterocycles. The highest BCUT2D eigenvalue weighted by molar-refractivity contribution is 8.13. The summed E-state index contributed by atoms with van der Waals surface area (Å²) in [5.74, 6) is -1.75. The number of aromatic nitrogens is 1. The van der Waals surface area contributed by atoms with Crippen LogP contribution in [0.2, 0.25) is 0 Å². The lowest BCUT2D eigenvalue weighted by Gasteiger charge is -2.03. The van der Waals surface area contributed by atoms with E-state index in [0.717, 1.165) is 0 Å². The molecule has 0 saturated heterocycles. The van der Waals surface area contributed by atoms with Gasteiger partial charge in [-0.2, -0.15) is 4.39 Å². The van der Waals surface area contributed by atoms with Gasteiger partial charge in [-0.05, 0) is 0 Å². The first-order valence-corrected chi connectivity index (χ1v) is 6.03. The first-order valence-electron chi connectivity index (χ1n) is 3.72. The smallest absolute Gasteiger partial charge is 0.258 e. The number of pyridine rings is 1. The van der Waals surface area contributed by atoms with E-state index in [2.05, 4.69) is 4.98 Å². The van der Waals surface area contributed by atoms with Crippen LogP contribution in [0, 0.1) is 15.9 Å². The molecule has 0 amide bonds. The molecule has 17 heavy (non-hydrogen) atoms. The van der Waals surface area contributed by atoms with Crippen molar-refractivity contribution in [2.24, 2.45) is 0 Å². The number of hydrogen-bond donors (Lipinski definition) is 0. The monoisotopic (exact) mass is 290 g/mol. The highest BCUT2D eigenvalue weighted by Gasteiger charge is 2.31. The minimum absolute atomic E-state index is 0.104. The molecule has 0 spiro atoms. The summed E-state index contributed by atoms with van der Waals surface area (Å²) < 4.78 is 59.4. The molecule has 0 aliphatic carbocycles. The summed E-state index contributed by atoms with van der Waals surface area (Å²) in [4.78, 5) is 11.7. The molecule has 1 aromatic heterocycles. The molecule has 0 atom stereocenters. The lowest BCUT2D eigenvalue weighted by Crippen LogP contribution is -2.07. The highest BCUT2D eigenvalue weighted by atomic mass is 35.7. The Morgan fingerprint density at radius 2 is 2.00 bits per heavy atom. The number of alkyl halides is 2. The first kappa shape index (κ1) is 13.6. The molecule has 0 N–H and O–H groups in total. The summed E-state index contributed by atoms with van der Waals surface area (Å²) in [6.07, 6.45) is -3.51. The van der Waals surface area contributed by atoms with Crippen LogP contribution in [0.3, 0.4) is 0 Å². The second-order valence-electron chi connectivity index (χ2n) is 2.67. The van der Waals surface area contributed by atoms with Gasteiger partial charge in [-0.25, -0.2) is 22.2 Å². The third-order valence-corrected chi connectivity index (χ3v) is 2.77. The van der Waals surface area contributed by atoms with Gasteiger partial charge in [0, 0.05) is 16.7 Å². The lowest BCUT2D eigenvalue weighted by molar-refractivity contribution is -0.389. The third kappa shape index (κ3) is 2.82. The predicted octanol–water partition coefficient (Wildman–Crippen LogP) is 1.99. The third-order valence-electron chi connectivity index (χ3n) is 1.59. The van der Waals surface area contributed by atoms with Gasteiger partial charge in [-0.15, -0.1) is 0 Å². The summed E-state index contributed by atoms with van der Waals surface area (Å²) >= 11 is 0. The van der Waals surface area contributed by atoms with Crippen LogP contribution in [-0.4, -0.2) is 18.3 Å². The zero-order valence-electron chi connectivity index (χ0n) is 7.60. The van der Waals surface area contributed by atoms with Crippen molar-refractivity contribution in [1.82, 2.24) is 4.98 Å². The largest absolute Gasteiger partial charge is 0.332 e. The normalized spacial score (nSPS) is 11.8. The fraction of sp³-hybridized carbons (Fsp3) is 0.167. The quantitative estimate of drug-likeness (QED) is 0.482. The molecule has 0 radical (unpaired) electrons. The molecule has 94 valence electrons. The van der Waals surface area contributed by atoms with Crippen molar-refractivity contribution in [3.05, 3.63) is 27.7 Å². The fourth-order valence-electron chi connectivity index (χ4n) is 0.961. The molecule has 11 heteroatoms.